The van der Waals surface area contributed by atoms with Gasteiger partial charge in [0.1, 0.15) is 12.3 Å². The average molecular weight is 570 g/mol. The van der Waals surface area contributed by atoms with E-state index in [0.29, 0.717) is 31.6 Å². The number of nitrogens with one attached hydrogen (secondary N) is 1. The monoisotopic (exact) mass is 568 g/mol. The molecule has 3 rings (SSSR count). The van der Waals surface area contributed by atoms with Crippen LogP contribution in [0.5, 0.6) is 11.5 Å². The van der Waals surface area contributed by atoms with E-state index in [4.69, 9.17) is 32.7 Å². The second kappa shape index (κ2) is 11.1. The van der Waals surface area contributed by atoms with E-state index >= 15 is 0 Å². The maximum Gasteiger partial charge on any atom is 0.301 e. The molecule has 13 heteroatoms. The number of nitrogens with zero attached hydrogens (tertiary/aromatic N) is 3. The molecule has 0 spiro atoms. The molecule has 34 heavy (non-hydrogen) atoms. The molecule has 0 aliphatic rings. The molecule has 1 N–H and O–H groups in total. The molecule has 0 atom stereocenters. The molecule has 0 bridgehead atoms. The van der Waals surface area contributed by atoms with E-state index in [1.54, 1.807) is 30.3 Å². The highest BCUT2D eigenvalue weighted by atomic mass is 79.9. The first kappa shape index (κ1) is 25.2. The van der Waals surface area contributed by atoms with Gasteiger partial charge in [-0.3, -0.25) is 25.7 Å². The highest BCUT2D eigenvalue weighted by Gasteiger charge is 2.19. The third-order valence-electron chi connectivity index (χ3n) is 4.44. The van der Waals surface area contributed by atoms with Crippen molar-refractivity contribution in [2.75, 3.05) is 12.5 Å². The van der Waals surface area contributed by atoms with Crippen molar-refractivity contribution in [3.63, 3.8) is 0 Å². The second-order valence-corrected chi connectivity index (χ2v) is 8.32. The number of anilines is 1. The van der Waals surface area contributed by atoms with Crippen molar-refractivity contribution in [2.24, 2.45) is 5.10 Å². The fourth-order valence-electron chi connectivity index (χ4n) is 2.76. The Morgan fingerprint density at radius 3 is 2.44 bits per heavy atom. The number of hydrogen-bond donors (Lipinski definition) is 1. The topological polar surface area (TPSA) is 129 Å². The number of nitro groups is 2. The van der Waals surface area contributed by atoms with Gasteiger partial charge in [-0.15, -0.1) is 0 Å². The fourth-order valence-corrected chi connectivity index (χ4v) is 3.51. The first-order chi connectivity index (χ1) is 16.2. The van der Waals surface area contributed by atoms with Crippen LogP contribution in [0, 0.1) is 20.2 Å². The number of methoxy groups -OCH3 is 1. The van der Waals surface area contributed by atoms with Crippen molar-refractivity contribution in [2.45, 2.75) is 6.61 Å². The number of rotatable bonds is 9. The average Bonchev–Trinajstić information content (AvgIpc) is 2.80. The van der Waals surface area contributed by atoms with Gasteiger partial charge in [-0.05, 0) is 51.8 Å². The van der Waals surface area contributed by atoms with Gasteiger partial charge in [-0.2, -0.15) is 5.10 Å². The minimum atomic E-state index is -0.732. The van der Waals surface area contributed by atoms with Crippen LogP contribution < -0.4 is 14.9 Å². The lowest BCUT2D eigenvalue weighted by Crippen LogP contribution is -2.00. The van der Waals surface area contributed by atoms with Crippen LogP contribution >= 0.6 is 39.1 Å². The molecule has 0 aromatic heterocycles. The number of ether oxygens (including phenoxy) is 2. The summed E-state index contributed by atoms with van der Waals surface area (Å²) in [4.78, 5) is 20.7. The van der Waals surface area contributed by atoms with E-state index in [2.05, 4.69) is 26.5 Å². The maximum absolute atomic E-state index is 11.2. The molecule has 10 nitrogen and oxygen atoms in total. The molecule has 176 valence electrons. The molecule has 0 heterocycles. The summed E-state index contributed by atoms with van der Waals surface area (Å²) in [7, 11) is 1.48. The zero-order valence-corrected chi connectivity index (χ0v) is 20.4. The molecule has 0 saturated carbocycles. The first-order valence-electron chi connectivity index (χ1n) is 9.35. The van der Waals surface area contributed by atoms with E-state index < -0.39 is 21.2 Å². The van der Waals surface area contributed by atoms with Gasteiger partial charge in [-0.25, -0.2) is 0 Å². The van der Waals surface area contributed by atoms with E-state index in [1.807, 2.05) is 0 Å². The van der Waals surface area contributed by atoms with Crippen LogP contribution in [-0.2, 0) is 6.61 Å². The normalized spacial score (nSPS) is 10.8. The van der Waals surface area contributed by atoms with Crippen molar-refractivity contribution in [3.05, 3.63) is 94.4 Å². The van der Waals surface area contributed by atoms with Crippen molar-refractivity contribution in [1.82, 2.24) is 0 Å². The van der Waals surface area contributed by atoms with E-state index in [1.165, 1.54) is 19.4 Å². The van der Waals surface area contributed by atoms with Gasteiger partial charge >= 0.3 is 5.69 Å². The Labute approximate surface area is 211 Å². The Bertz CT molecular complexity index is 1290. The Morgan fingerprint density at radius 2 is 1.79 bits per heavy atom. The minimum Gasteiger partial charge on any atom is -0.493 e. The zero-order valence-electron chi connectivity index (χ0n) is 17.3. The quantitative estimate of drug-likeness (QED) is 0.174. The fraction of sp³-hybridized carbons (Fsp3) is 0.0952. The van der Waals surface area contributed by atoms with Gasteiger partial charge in [0.05, 0.1) is 39.3 Å². The largest absolute Gasteiger partial charge is 0.493 e. The maximum atomic E-state index is 11.2. The van der Waals surface area contributed by atoms with Crippen molar-refractivity contribution in [1.29, 1.82) is 0 Å². The number of benzene rings is 3. The van der Waals surface area contributed by atoms with E-state index in [0.717, 1.165) is 17.7 Å². The van der Waals surface area contributed by atoms with Gasteiger partial charge in [0, 0.05) is 16.1 Å². The van der Waals surface area contributed by atoms with E-state index in [-0.39, 0.29) is 12.3 Å². The molecule has 3 aromatic carbocycles. The summed E-state index contributed by atoms with van der Waals surface area (Å²) in [5.41, 5.74) is 3.05. The summed E-state index contributed by atoms with van der Waals surface area (Å²) < 4.78 is 11.9. The SMILES string of the molecule is COc1cc(/C=N/Nc2ccc([N+](=O)[O-])cc2[N+](=O)[O-])c(Br)cc1OCc1ccc(Cl)c(Cl)c1. The molecular weight excluding hydrogens is 555 g/mol. The summed E-state index contributed by atoms with van der Waals surface area (Å²) in [6.45, 7) is 0.221. The van der Waals surface area contributed by atoms with Crippen LogP contribution in [0.2, 0.25) is 10.0 Å². The smallest absolute Gasteiger partial charge is 0.301 e. The number of halogens is 3. The summed E-state index contributed by atoms with van der Waals surface area (Å²) in [6, 6.07) is 11.7. The molecule has 3 aromatic rings. The minimum absolute atomic E-state index is 0.00323. The first-order valence-corrected chi connectivity index (χ1v) is 10.9. The van der Waals surface area contributed by atoms with Crippen LogP contribution in [0.4, 0.5) is 17.1 Å². The van der Waals surface area contributed by atoms with Gasteiger partial charge in [0.25, 0.3) is 5.69 Å². The Balaban J connectivity index is 1.77. The van der Waals surface area contributed by atoms with Crippen molar-refractivity contribution in [3.8, 4) is 11.5 Å². The molecule has 0 radical (unpaired) electrons. The Hall–Kier alpha value is -3.41. The molecule has 0 amide bonds. The molecular formula is C21H15BrCl2N4O6. The summed E-state index contributed by atoms with van der Waals surface area (Å²) in [5, 5.41) is 27.0. The number of non-ortho nitro benzene ring substituents is 1. The summed E-state index contributed by atoms with van der Waals surface area (Å²) in [5.74, 6) is 0.877. The van der Waals surface area contributed by atoms with Crippen LogP contribution in [0.15, 0.2) is 58.1 Å². The number of hydrazone groups is 1. The third kappa shape index (κ3) is 6.13. The molecule has 0 aliphatic heterocycles. The van der Waals surface area contributed by atoms with Gasteiger partial charge in [-0.1, -0.05) is 29.3 Å². The number of hydrogen-bond acceptors (Lipinski definition) is 8. The standard InChI is InChI=1S/C21H15BrCl2N4O6/c1-33-20-7-13(10-25-26-18-5-3-14(27(29)30)8-19(18)28(31)32)15(22)9-21(20)34-11-12-2-4-16(23)17(24)6-12/h2-10,26H,11H2,1H3/b25-10+. The van der Waals surface area contributed by atoms with Crippen molar-refractivity contribution >= 4 is 62.4 Å². The van der Waals surface area contributed by atoms with Crippen LogP contribution in [0.1, 0.15) is 11.1 Å². The lowest BCUT2D eigenvalue weighted by molar-refractivity contribution is -0.393. The Morgan fingerprint density at radius 1 is 1.03 bits per heavy atom. The molecule has 0 aliphatic carbocycles. The van der Waals surface area contributed by atoms with Crippen molar-refractivity contribution < 1.29 is 19.3 Å². The highest BCUT2D eigenvalue weighted by Crippen LogP contribution is 2.34. The third-order valence-corrected chi connectivity index (χ3v) is 5.86. The second-order valence-electron chi connectivity index (χ2n) is 6.65. The summed E-state index contributed by atoms with van der Waals surface area (Å²) in [6.07, 6.45) is 1.40. The lowest BCUT2D eigenvalue weighted by Gasteiger charge is -2.13. The van der Waals surface area contributed by atoms with Crippen LogP contribution in [0.25, 0.3) is 0 Å². The Kier molecular flexibility index (Phi) is 8.26. The zero-order chi connectivity index (χ0) is 24.8. The van der Waals surface area contributed by atoms with Crippen LogP contribution in [-0.4, -0.2) is 23.2 Å². The number of nitro benzene ring substituents is 2. The molecule has 0 saturated heterocycles. The van der Waals surface area contributed by atoms with Gasteiger partial charge < -0.3 is 9.47 Å². The van der Waals surface area contributed by atoms with Gasteiger partial charge in [0.2, 0.25) is 0 Å². The highest BCUT2D eigenvalue weighted by molar-refractivity contribution is 9.10. The van der Waals surface area contributed by atoms with E-state index in [9.17, 15) is 20.2 Å². The van der Waals surface area contributed by atoms with Crippen LogP contribution in [0.3, 0.4) is 0 Å². The van der Waals surface area contributed by atoms with Gasteiger partial charge in [0.15, 0.2) is 11.5 Å². The predicted octanol–water partition coefficient (Wildman–Crippen LogP) is 6.61. The molecule has 0 unspecified atom stereocenters. The predicted molar refractivity (Wildman–Crippen MR) is 132 cm³/mol. The lowest BCUT2D eigenvalue weighted by atomic mass is 10.2. The summed E-state index contributed by atoms with van der Waals surface area (Å²) >= 11 is 15.4. The molecule has 0 fully saturated rings.